The number of aromatic amines is 1. The highest BCUT2D eigenvalue weighted by Crippen LogP contribution is 2.27. The van der Waals surface area contributed by atoms with Gasteiger partial charge in [0.1, 0.15) is 0 Å². The molecule has 1 aromatic heterocycles. The van der Waals surface area contributed by atoms with Crippen LogP contribution in [0.4, 0.5) is 5.69 Å². The second-order valence-electron chi connectivity index (χ2n) is 4.85. The Balaban J connectivity index is 2.00. The van der Waals surface area contributed by atoms with Gasteiger partial charge in [0.05, 0.1) is 22.9 Å². The summed E-state index contributed by atoms with van der Waals surface area (Å²) in [4.78, 5) is 7.28. The number of aliphatic imine (C=N–C) groups is 1. The number of rotatable bonds is 2. The van der Waals surface area contributed by atoms with Crippen LogP contribution in [-0.4, -0.2) is 16.3 Å². The fraction of sp³-hybridized carbons (Fsp3) is 0.0588. The van der Waals surface area contributed by atoms with E-state index in [-0.39, 0.29) is 5.88 Å². The zero-order valence-electron chi connectivity index (χ0n) is 11.5. The Morgan fingerprint density at radius 3 is 2.67 bits per heavy atom. The van der Waals surface area contributed by atoms with Gasteiger partial charge in [-0.2, -0.15) is 5.26 Å². The Morgan fingerprint density at radius 1 is 1.19 bits per heavy atom. The molecule has 3 rings (SSSR count). The molecule has 0 saturated heterocycles. The summed E-state index contributed by atoms with van der Waals surface area (Å²) in [6.07, 6.45) is 1.63. The number of nitrogens with one attached hydrogen (secondary N) is 1. The van der Waals surface area contributed by atoms with E-state index in [1.807, 2.05) is 25.1 Å². The van der Waals surface area contributed by atoms with Crippen molar-refractivity contribution in [1.82, 2.24) is 4.98 Å². The lowest BCUT2D eigenvalue weighted by Crippen LogP contribution is -1.80. The molecule has 3 aromatic rings. The van der Waals surface area contributed by atoms with Crippen LogP contribution in [-0.2, 0) is 0 Å². The smallest absolute Gasteiger partial charge is 0.198 e. The number of aromatic nitrogens is 1. The SMILES string of the molecule is Cc1ccc2[nH]c(O)c(C=Nc3ccc(C#N)cc3)c2c1. The van der Waals surface area contributed by atoms with E-state index in [0.29, 0.717) is 11.1 Å². The predicted molar refractivity (Wildman–Crippen MR) is 83.1 cm³/mol. The standard InChI is InChI=1S/C17H13N3O/c1-11-2-7-16-14(8-11)15(17(21)20-16)10-19-13-5-3-12(9-18)4-6-13/h2-8,10,20-21H,1H3. The molecule has 21 heavy (non-hydrogen) atoms. The number of nitriles is 1. The van der Waals surface area contributed by atoms with Gasteiger partial charge in [-0.15, -0.1) is 0 Å². The minimum Gasteiger partial charge on any atom is -0.494 e. The van der Waals surface area contributed by atoms with E-state index < -0.39 is 0 Å². The lowest BCUT2D eigenvalue weighted by molar-refractivity contribution is 0.457. The third-order valence-electron chi connectivity index (χ3n) is 3.31. The molecule has 4 nitrogen and oxygen atoms in total. The van der Waals surface area contributed by atoms with Crippen molar-refractivity contribution in [2.24, 2.45) is 4.99 Å². The lowest BCUT2D eigenvalue weighted by Gasteiger charge is -1.96. The molecule has 0 amide bonds. The van der Waals surface area contributed by atoms with Crippen molar-refractivity contribution in [2.75, 3.05) is 0 Å². The summed E-state index contributed by atoms with van der Waals surface area (Å²) < 4.78 is 0. The minimum atomic E-state index is 0.105. The van der Waals surface area contributed by atoms with Gasteiger partial charge in [0, 0.05) is 17.1 Å². The van der Waals surface area contributed by atoms with E-state index in [0.717, 1.165) is 22.2 Å². The highest BCUT2D eigenvalue weighted by Gasteiger charge is 2.08. The molecule has 1 heterocycles. The normalized spacial score (nSPS) is 11.0. The molecule has 0 fully saturated rings. The number of hydrogen-bond acceptors (Lipinski definition) is 3. The maximum absolute atomic E-state index is 10.00. The molecule has 0 aliphatic carbocycles. The van der Waals surface area contributed by atoms with E-state index in [1.54, 1.807) is 30.5 Å². The zero-order valence-corrected chi connectivity index (χ0v) is 11.5. The Kier molecular flexibility index (Phi) is 3.17. The second-order valence-corrected chi connectivity index (χ2v) is 4.85. The summed E-state index contributed by atoms with van der Waals surface area (Å²) in [6.45, 7) is 2.00. The molecule has 0 spiro atoms. The number of H-pyrrole nitrogens is 1. The van der Waals surface area contributed by atoms with Gasteiger partial charge in [0.15, 0.2) is 5.88 Å². The maximum Gasteiger partial charge on any atom is 0.198 e. The van der Waals surface area contributed by atoms with Crippen LogP contribution in [0.3, 0.4) is 0 Å². The van der Waals surface area contributed by atoms with Crippen LogP contribution in [0.5, 0.6) is 5.88 Å². The van der Waals surface area contributed by atoms with Crippen molar-refractivity contribution in [3.63, 3.8) is 0 Å². The summed E-state index contributed by atoms with van der Waals surface area (Å²) >= 11 is 0. The van der Waals surface area contributed by atoms with Crippen LogP contribution in [0.15, 0.2) is 47.5 Å². The molecular weight excluding hydrogens is 262 g/mol. The monoisotopic (exact) mass is 275 g/mol. The summed E-state index contributed by atoms with van der Waals surface area (Å²) in [5, 5.41) is 19.7. The van der Waals surface area contributed by atoms with Crippen LogP contribution >= 0.6 is 0 Å². The predicted octanol–water partition coefficient (Wildman–Crippen LogP) is 3.80. The largest absolute Gasteiger partial charge is 0.494 e. The zero-order chi connectivity index (χ0) is 14.8. The van der Waals surface area contributed by atoms with Crippen molar-refractivity contribution in [1.29, 1.82) is 5.26 Å². The van der Waals surface area contributed by atoms with Gasteiger partial charge < -0.3 is 10.1 Å². The van der Waals surface area contributed by atoms with Crippen LogP contribution in [0.1, 0.15) is 16.7 Å². The third kappa shape index (κ3) is 2.49. The van der Waals surface area contributed by atoms with Crippen LogP contribution in [0.25, 0.3) is 10.9 Å². The molecule has 2 aromatic carbocycles. The minimum absolute atomic E-state index is 0.105. The number of nitrogens with zero attached hydrogens (tertiary/aromatic N) is 2. The summed E-state index contributed by atoms with van der Waals surface area (Å²) in [7, 11) is 0. The Labute approximate surface area is 122 Å². The van der Waals surface area contributed by atoms with Crippen LogP contribution < -0.4 is 0 Å². The van der Waals surface area contributed by atoms with E-state index >= 15 is 0 Å². The van der Waals surface area contributed by atoms with Gasteiger partial charge in [0.2, 0.25) is 0 Å². The van der Waals surface area contributed by atoms with Crippen molar-refractivity contribution >= 4 is 22.8 Å². The van der Waals surface area contributed by atoms with Crippen molar-refractivity contribution in [3.05, 3.63) is 59.2 Å². The van der Waals surface area contributed by atoms with Gasteiger partial charge in [-0.25, -0.2) is 0 Å². The Hall–Kier alpha value is -3.06. The first-order chi connectivity index (χ1) is 10.2. The molecule has 0 saturated carbocycles. The Bertz CT molecular complexity index is 867. The van der Waals surface area contributed by atoms with Crippen molar-refractivity contribution in [2.45, 2.75) is 6.92 Å². The number of benzene rings is 2. The molecular formula is C17H13N3O. The van der Waals surface area contributed by atoms with Gasteiger partial charge in [0.25, 0.3) is 0 Å². The van der Waals surface area contributed by atoms with E-state index in [2.05, 4.69) is 16.0 Å². The van der Waals surface area contributed by atoms with Gasteiger partial charge in [-0.1, -0.05) is 11.6 Å². The van der Waals surface area contributed by atoms with Crippen molar-refractivity contribution in [3.8, 4) is 11.9 Å². The molecule has 0 atom stereocenters. The first kappa shape index (κ1) is 12.9. The van der Waals surface area contributed by atoms with Crippen LogP contribution in [0.2, 0.25) is 0 Å². The average molecular weight is 275 g/mol. The number of hydrogen-bond donors (Lipinski definition) is 2. The summed E-state index contributed by atoms with van der Waals surface area (Å²) in [6, 6.07) is 15.0. The maximum atomic E-state index is 10.00. The van der Waals surface area contributed by atoms with E-state index in [4.69, 9.17) is 5.26 Å². The molecule has 102 valence electrons. The van der Waals surface area contributed by atoms with E-state index in [9.17, 15) is 5.11 Å². The second kappa shape index (κ2) is 5.14. The molecule has 0 radical (unpaired) electrons. The average Bonchev–Trinajstić information content (AvgIpc) is 2.80. The van der Waals surface area contributed by atoms with E-state index in [1.165, 1.54) is 0 Å². The highest BCUT2D eigenvalue weighted by molar-refractivity contribution is 6.02. The number of aryl methyl sites for hydroxylation is 1. The fourth-order valence-electron chi connectivity index (χ4n) is 2.20. The Morgan fingerprint density at radius 2 is 1.95 bits per heavy atom. The van der Waals surface area contributed by atoms with Crippen molar-refractivity contribution < 1.29 is 5.11 Å². The topological polar surface area (TPSA) is 72.2 Å². The van der Waals surface area contributed by atoms with Gasteiger partial charge in [-0.3, -0.25) is 4.99 Å². The van der Waals surface area contributed by atoms with Crippen LogP contribution in [0, 0.1) is 18.3 Å². The first-order valence-corrected chi connectivity index (χ1v) is 6.53. The molecule has 0 aliphatic heterocycles. The third-order valence-corrected chi connectivity index (χ3v) is 3.31. The number of aromatic hydroxyl groups is 1. The molecule has 0 aliphatic rings. The fourth-order valence-corrected chi connectivity index (χ4v) is 2.20. The summed E-state index contributed by atoms with van der Waals surface area (Å²) in [5.41, 5.74) is 3.99. The molecule has 4 heteroatoms. The first-order valence-electron chi connectivity index (χ1n) is 6.53. The van der Waals surface area contributed by atoms with Gasteiger partial charge >= 0.3 is 0 Å². The molecule has 0 unspecified atom stereocenters. The van der Waals surface area contributed by atoms with Gasteiger partial charge in [-0.05, 0) is 43.3 Å². The number of fused-ring (bicyclic) bond motifs is 1. The quantitative estimate of drug-likeness (QED) is 0.698. The summed E-state index contributed by atoms with van der Waals surface area (Å²) in [5.74, 6) is 0.105. The highest BCUT2D eigenvalue weighted by atomic mass is 16.3. The lowest BCUT2D eigenvalue weighted by atomic mass is 10.1. The molecule has 2 N–H and O–H groups in total. The molecule has 0 bridgehead atoms.